The topological polar surface area (TPSA) is 54.4 Å². The van der Waals surface area contributed by atoms with Gasteiger partial charge in [0.2, 0.25) is 0 Å². The van der Waals surface area contributed by atoms with Crippen LogP contribution in [0.4, 0.5) is 4.39 Å². The van der Waals surface area contributed by atoms with Crippen molar-refractivity contribution in [2.24, 2.45) is 0 Å². The van der Waals surface area contributed by atoms with Gasteiger partial charge < -0.3 is 5.11 Å². The van der Waals surface area contributed by atoms with Crippen molar-refractivity contribution >= 4 is 23.6 Å². The molecule has 2 aromatic rings. The summed E-state index contributed by atoms with van der Waals surface area (Å²) in [7, 11) is 0. The monoisotopic (exact) mass is 250 g/mol. The maximum Gasteiger partial charge on any atom is 0.346 e. The van der Waals surface area contributed by atoms with Crippen molar-refractivity contribution in [3.05, 3.63) is 46.6 Å². The molecular weight excluding hydrogens is 243 g/mol. The number of hydrogen-bond donors (Lipinski definition) is 1. The Kier molecular flexibility index (Phi) is 3.01. The molecule has 0 aliphatic heterocycles. The summed E-state index contributed by atoms with van der Waals surface area (Å²) in [5.74, 6) is -1.50. The molecular formula is C12H7FO3S. The molecule has 0 fully saturated rings. The third-order valence-electron chi connectivity index (χ3n) is 2.21. The Morgan fingerprint density at radius 1 is 1.29 bits per heavy atom. The Balaban J connectivity index is 2.50. The van der Waals surface area contributed by atoms with Crippen molar-refractivity contribution in [2.75, 3.05) is 0 Å². The van der Waals surface area contributed by atoms with E-state index in [1.807, 2.05) is 0 Å². The second-order valence-electron chi connectivity index (χ2n) is 3.33. The van der Waals surface area contributed by atoms with Gasteiger partial charge in [-0.15, -0.1) is 11.3 Å². The first kappa shape index (κ1) is 11.5. The zero-order valence-corrected chi connectivity index (χ0v) is 9.33. The van der Waals surface area contributed by atoms with Gasteiger partial charge in [0.15, 0.2) is 6.29 Å². The fourth-order valence-electron chi connectivity index (χ4n) is 1.42. The average molecular weight is 250 g/mol. The largest absolute Gasteiger partial charge is 0.477 e. The summed E-state index contributed by atoms with van der Waals surface area (Å²) in [4.78, 5) is 22.2. The number of hydrogen-bond acceptors (Lipinski definition) is 3. The second kappa shape index (κ2) is 4.47. The van der Waals surface area contributed by atoms with E-state index < -0.39 is 5.97 Å². The van der Waals surface area contributed by atoms with Crippen LogP contribution < -0.4 is 0 Å². The number of aldehydes is 1. The lowest BCUT2D eigenvalue weighted by Crippen LogP contribution is -1.95. The molecule has 5 heteroatoms. The van der Waals surface area contributed by atoms with E-state index in [2.05, 4.69) is 0 Å². The summed E-state index contributed by atoms with van der Waals surface area (Å²) in [5, 5.41) is 8.89. The van der Waals surface area contributed by atoms with Crippen LogP contribution in [0.15, 0.2) is 30.3 Å². The van der Waals surface area contributed by atoms with E-state index >= 15 is 0 Å². The number of thiophene rings is 1. The second-order valence-corrected chi connectivity index (χ2v) is 4.38. The number of carboxylic acids is 1. The van der Waals surface area contributed by atoms with Crippen LogP contribution in [0.3, 0.4) is 0 Å². The van der Waals surface area contributed by atoms with E-state index in [1.165, 1.54) is 18.2 Å². The third kappa shape index (κ3) is 2.24. The minimum absolute atomic E-state index is 0.000625. The van der Waals surface area contributed by atoms with Gasteiger partial charge in [-0.1, -0.05) is 12.1 Å². The van der Waals surface area contributed by atoms with Crippen molar-refractivity contribution in [2.45, 2.75) is 0 Å². The van der Waals surface area contributed by atoms with E-state index in [-0.39, 0.29) is 16.3 Å². The zero-order valence-electron chi connectivity index (χ0n) is 8.51. The van der Waals surface area contributed by atoms with E-state index in [0.29, 0.717) is 16.7 Å². The van der Waals surface area contributed by atoms with Crippen LogP contribution >= 0.6 is 11.3 Å². The standard InChI is InChI=1S/C12H7FO3S/c13-9-3-1-7(2-4-9)10-5-8(6-14)11(17-10)12(15)16/h1-6H,(H,15,16). The first-order valence-electron chi connectivity index (χ1n) is 4.70. The van der Waals surface area contributed by atoms with Crippen LogP contribution in [-0.4, -0.2) is 17.4 Å². The molecule has 0 amide bonds. The third-order valence-corrected chi connectivity index (χ3v) is 3.40. The number of carboxylic acid groups (broad SMARTS) is 1. The number of carbonyl (C=O) groups excluding carboxylic acids is 1. The minimum atomic E-state index is -1.13. The lowest BCUT2D eigenvalue weighted by atomic mass is 10.1. The number of halogens is 1. The zero-order chi connectivity index (χ0) is 12.4. The molecule has 17 heavy (non-hydrogen) atoms. The highest BCUT2D eigenvalue weighted by molar-refractivity contribution is 7.17. The summed E-state index contributed by atoms with van der Waals surface area (Å²) in [6.45, 7) is 0. The fourth-order valence-corrected chi connectivity index (χ4v) is 2.39. The van der Waals surface area contributed by atoms with Crippen LogP contribution in [0.25, 0.3) is 10.4 Å². The number of benzene rings is 1. The Bertz CT molecular complexity index is 572. The van der Waals surface area contributed by atoms with Gasteiger partial charge in [-0.25, -0.2) is 9.18 Å². The van der Waals surface area contributed by atoms with Gasteiger partial charge in [0.1, 0.15) is 10.7 Å². The first-order valence-corrected chi connectivity index (χ1v) is 5.51. The van der Waals surface area contributed by atoms with Gasteiger partial charge in [-0.3, -0.25) is 4.79 Å². The van der Waals surface area contributed by atoms with Crippen LogP contribution in [0.2, 0.25) is 0 Å². The molecule has 0 bridgehead atoms. The van der Waals surface area contributed by atoms with Crippen LogP contribution in [0, 0.1) is 5.82 Å². The molecule has 1 N–H and O–H groups in total. The molecule has 0 spiro atoms. The van der Waals surface area contributed by atoms with E-state index in [0.717, 1.165) is 11.3 Å². The predicted molar refractivity (Wildman–Crippen MR) is 62.1 cm³/mol. The van der Waals surface area contributed by atoms with Gasteiger partial charge >= 0.3 is 5.97 Å². The molecule has 1 heterocycles. The van der Waals surface area contributed by atoms with E-state index in [4.69, 9.17) is 5.11 Å². The predicted octanol–water partition coefficient (Wildman–Crippen LogP) is 3.06. The Morgan fingerprint density at radius 3 is 2.41 bits per heavy atom. The lowest BCUT2D eigenvalue weighted by Gasteiger charge is -1.95. The lowest BCUT2D eigenvalue weighted by molar-refractivity contribution is 0.0699. The molecule has 1 aromatic heterocycles. The molecule has 0 unspecified atom stereocenters. The average Bonchev–Trinajstić information content (AvgIpc) is 2.74. The highest BCUT2D eigenvalue weighted by Crippen LogP contribution is 2.30. The molecule has 1 aromatic carbocycles. The highest BCUT2D eigenvalue weighted by Gasteiger charge is 2.15. The summed E-state index contributed by atoms with van der Waals surface area (Å²) in [6.07, 6.45) is 0.507. The van der Waals surface area contributed by atoms with Gasteiger partial charge in [0.05, 0.1) is 0 Å². The molecule has 86 valence electrons. The number of rotatable bonds is 3. The van der Waals surface area contributed by atoms with Crippen LogP contribution in [-0.2, 0) is 0 Å². The maximum absolute atomic E-state index is 12.7. The van der Waals surface area contributed by atoms with Crippen LogP contribution in [0.5, 0.6) is 0 Å². The van der Waals surface area contributed by atoms with E-state index in [1.54, 1.807) is 12.1 Å². The van der Waals surface area contributed by atoms with Crippen molar-refractivity contribution in [3.8, 4) is 10.4 Å². The summed E-state index contributed by atoms with van der Waals surface area (Å²) in [5.41, 5.74) is 0.828. The molecule has 0 radical (unpaired) electrons. The van der Waals surface area contributed by atoms with Crippen molar-refractivity contribution in [1.29, 1.82) is 0 Å². The smallest absolute Gasteiger partial charge is 0.346 e. The molecule has 0 aliphatic carbocycles. The summed E-state index contributed by atoms with van der Waals surface area (Å²) >= 11 is 0.998. The molecule has 3 nitrogen and oxygen atoms in total. The Hall–Kier alpha value is -2.01. The SMILES string of the molecule is O=Cc1cc(-c2ccc(F)cc2)sc1C(=O)O. The Labute approximate surface area is 100 Å². The fraction of sp³-hybridized carbons (Fsp3) is 0. The molecule has 2 rings (SSSR count). The van der Waals surface area contributed by atoms with Gasteiger partial charge in [0, 0.05) is 10.4 Å². The Morgan fingerprint density at radius 2 is 1.94 bits per heavy atom. The van der Waals surface area contributed by atoms with E-state index in [9.17, 15) is 14.0 Å². The quantitative estimate of drug-likeness (QED) is 0.852. The van der Waals surface area contributed by atoms with Crippen molar-refractivity contribution in [3.63, 3.8) is 0 Å². The summed E-state index contributed by atoms with van der Waals surface area (Å²) in [6, 6.07) is 7.16. The molecule has 0 saturated carbocycles. The summed E-state index contributed by atoms with van der Waals surface area (Å²) < 4.78 is 12.7. The maximum atomic E-state index is 12.7. The highest BCUT2D eigenvalue weighted by atomic mass is 32.1. The van der Waals surface area contributed by atoms with Gasteiger partial charge in [-0.2, -0.15) is 0 Å². The minimum Gasteiger partial charge on any atom is -0.477 e. The number of carbonyl (C=O) groups is 2. The molecule has 0 saturated heterocycles. The van der Waals surface area contributed by atoms with Gasteiger partial charge in [0.25, 0.3) is 0 Å². The van der Waals surface area contributed by atoms with Crippen molar-refractivity contribution < 1.29 is 19.1 Å². The van der Waals surface area contributed by atoms with Gasteiger partial charge in [-0.05, 0) is 23.8 Å². The molecule has 0 atom stereocenters. The van der Waals surface area contributed by atoms with Crippen LogP contribution in [0.1, 0.15) is 20.0 Å². The molecule has 0 aliphatic rings. The first-order chi connectivity index (χ1) is 8.11. The normalized spacial score (nSPS) is 10.2. The number of aromatic carboxylic acids is 1. The van der Waals surface area contributed by atoms with Crippen molar-refractivity contribution in [1.82, 2.24) is 0 Å².